The van der Waals surface area contributed by atoms with Crippen LogP contribution in [0.3, 0.4) is 0 Å². The molecule has 152 valence electrons. The van der Waals surface area contributed by atoms with Gasteiger partial charge in [-0.05, 0) is 52.5 Å². The number of pyridine rings is 1. The monoisotopic (exact) mass is 390 g/mol. The van der Waals surface area contributed by atoms with Crippen LogP contribution in [0.5, 0.6) is 5.88 Å². The average Bonchev–Trinajstić information content (AvgIpc) is 2.88. The Morgan fingerprint density at radius 1 is 1.21 bits per heavy atom. The van der Waals surface area contributed by atoms with Crippen molar-refractivity contribution in [2.75, 3.05) is 24.7 Å². The Balaban J connectivity index is 1.66. The summed E-state index contributed by atoms with van der Waals surface area (Å²) in [7, 11) is -0.609. The van der Waals surface area contributed by atoms with E-state index in [2.05, 4.69) is 4.98 Å². The van der Waals surface area contributed by atoms with Crippen LogP contribution in [-0.4, -0.2) is 60.4 Å². The van der Waals surface area contributed by atoms with Crippen LogP contribution in [0.4, 0.5) is 10.5 Å². The van der Waals surface area contributed by atoms with Crippen molar-refractivity contribution in [1.29, 1.82) is 0 Å². The van der Waals surface area contributed by atoms with Crippen molar-refractivity contribution < 1.29 is 28.7 Å². The first-order valence-electron chi connectivity index (χ1n) is 9.78. The van der Waals surface area contributed by atoms with E-state index >= 15 is 0 Å². The molecule has 3 aliphatic heterocycles. The molecule has 4 heterocycles. The summed E-state index contributed by atoms with van der Waals surface area (Å²) in [5, 5.41) is 9.96. The average molecular weight is 390 g/mol. The fourth-order valence-corrected chi connectivity index (χ4v) is 3.96. The molecule has 1 aromatic heterocycles. The quantitative estimate of drug-likeness (QED) is 0.773. The van der Waals surface area contributed by atoms with Crippen LogP contribution in [0.25, 0.3) is 0 Å². The molecule has 4 rings (SSSR count). The molecule has 0 bridgehead atoms. The van der Waals surface area contributed by atoms with Crippen molar-refractivity contribution in [2.24, 2.45) is 5.92 Å². The third-order valence-corrected chi connectivity index (χ3v) is 6.38. The lowest BCUT2D eigenvalue weighted by molar-refractivity contribution is 0.00578. The summed E-state index contributed by atoms with van der Waals surface area (Å²) < 4.78 is 23.4. The van der Waals surface area contributed by atoms with Gasteiger partial charge < -0.3 is 23.9 Å². The SMILES string of the molecule is CC1(C)OB(c2cnc3c(c2)N(C(=O)O)C(C2CCOCC2)CO3)OC1(C)C. The minimum Gasteiger partial charge on any atom is -0.474 e. The summed E-state index contributed by atoms with van der Waals surface area (Å²) in [5.74, 6) is 0.518. The molecule has 1 N–H and O–H groups in total. The number of rotatable bonds is 2. The summed E-state index contributed by atoms with van der Waals surface area (Å²) in [4.78, 5) is 17.9. The number of hydrogen-bond donors (Lipinski definition) is 1. The first-order valence-corrected chi connectivity index (χ1v) is 9.78. The van der Waals surface area contributed by atoms with Crippen molar-refractivity contribution in [2.45, 2.75) is 57.8 Å². The van der Waals surface area contributed by atoms with E-state index in [-0.39, 0.29) is 12.0 Å². The van der Waals surface area contributed by atoms with Gasteiger partial charge in [0.15, 0.2) is 0 Å². The number of aromatic nitrogens is 1. The van der Waals surface area contributed by atoms with Gasteiger partial charge in [-0.3, -0.25) is 4.90 Å². The van der Waals surface area contributed by atoms with Crippen molar-refractivity contribution in [3.8, 4) is 5.88 Å². The number of carbonyl (C=O) groups is 1. The zero-order valence-corrected chi connectivity index (χ0v) is 16.8. The van der Waals surface area contributed by atoms with Gasteiger partial charge in [0, 0.05) is 24.9 Å². The molecule has 28 heavy (non-hydrogen) atoms. The maximum atomic E-state index is 12.2. The molecule has 0 aromatic carbocycles. The van der Waals surface area contributed by atoms with E-state index in [4.69, 9.17) is 18.8 Å². The van der Waals surface area contributed by atoms with E-state index in [1.165, 1.54) is 4.90 Å². The second kappa shape index (κ2) is 6.90. The highest BCUT2D eigenvalue weighted by Crippen LogP contribution is 2.39. The lowest BCUT2D eigenvalue weighted by Crippen LogP contribution is -2.52. The third-order valence-electron chi connectivity index (χ3n) is 6.38. The van der Waals surface area contributed by atoms with Gasteiger partial charge in [0.2, 0.25) is 5.88 Å². The molecular weight excluding hydrogens is 363 g/mol. The van der Waals surface area contributed by atoms with Crippen LogP contribution >= 0.6 is 0 Å². The number of fused-ring (bicyclic) bond motifs is 1. The molecule has 1 amide bonds. The number of carboxylic acid groups (broad SMARTS) is 1. The number of nitrogens with zero attached hydrogens (tertiary/aromatic N) is 2. The molecule has 0 radical (unpaired) electrons. The Hall–Kier alpha value is -1.84. The first kappa shape index (κ1) is 19.5. The Morgan fingerprint density at radius 2 is 1.86 bits per heavy atom. The highest BCUT2D eigenvalue weighted by Gasteiger charge is 2.52. The van der Waals surface area contributed by atoms with E-state index in [9.17, 15) is 9.90 Å². The van der Waals surface area contributed by atoms with Gasteiger partial charge in [-0.2, -0.15) is 0 Å². The second-order valence-electron chi connectivity index (χ2n) is 8.66. The molecule has 0 saturated carbocycles. The largest absolute Gasteiger partial charge is 0.496 e. The van der Waals surface area contributed by atoms with Crippen molar-refractivity contribution in [3.63, 3.8) is 0 Å². The topological polar surface area (TPSA) is 90.4 Å². The van der Waals surface area contributed by atoms with Gasteiger partial charge in [-0.15, -0.1) is 0 Å². The highest BCUT2D eigenvalue weighted by atomic mass is 16.7. The summed E-state index contributed by atoms with van der Waals surface area (Å²) in [6, 6.07) is 1.51. The van der Waals surface area contributed by atoms with Crippen LogP contribution in [0.2, 0.25) is 0 Å². The van der Waals surface area contributed by atoms with Crippen molar-refractivity contribution in [1.82, 2.24) is 4.98 Å². The lowest BCUT2D eigenvalue weighted by Gasteiger charge is -2.40. The molecule has 1 atom stereocenters. The normalized spacial score (nSPS) is 26.6. The van der Waals surface area contributed by atoms with E-state index in [0.717, 1.165) is 12.8 Å². The van der Waals surface area contributed by atoms with E-state index in [1.807, 2.05) is 27.7 Å². The highest BCUT2D eigenvalue weighted by molar-refractivity contribution is 6.62. The minimum absolute atomic E-state index is 0.193. The minimum atomic E-state index is -1.01. The van der Waals surface area contributed by atoms with E-state index in [0.29, 0.717) is 36.9 Å². The predicted octanol–water partition coefficient (Wildman–Crippen LogP) is 2.05. The second-order valence-corrected chi connectivity index (χ2v) is 8.66. The maximum Gasteiger partial charge on any atom is 0.496 e. The molecule has 0 spiro atoms. The van der Waals surface area contributed by atoms with Crippen molar-refractivity contribution in [3.05, 3.63) is 12.3 Å². The molecule has 3 aliphatic rings. The fourth-order valence-electron chi connectivity index (χ4n) is 3.96. The van der Waals surface area contributed by atoms with E-state index < -0.39 is 24.4 Å². The molecule has 0 aliphatic carbocycles. The number of anilines is 1. The smallest absolute Gasteiger partial charge is 0.474 e. The summed E-state index contributed by atoms with van der Waals surface area (Å²) in [6.07, 6.45) is 2.26. The lowest BCUT2D eigenvalue weighted by atomic mass is 9.80. The van der Waals surface area contributed by atoms with Crippen LogP contribution in [-0.2, 0) is 14.0 Å². The zero-order valence-electron chi connectivity index (χ0n) is 16.8. The molecular formula is C19H27BN2O6. The fraction of sp³-hybridized carbons (Fsp3) is 0.684. The Bertz CT molecular complexity index is 749. The van der Waals surface area contributed by atoms with Gasteiger partial charge in [0.25, 0.3) is 0 Å². The van der Waals surface area contributed by atoms with Gasteiger partial charge in [0.05, 0.1) is 17.2 Å². The van der Waals surface area contributed by atoms with Gasteiger partial charge >= 0.3 is 13.2 Å². The Kier molecular flexibility index (Phi) is 4.80. The summed E-state index contributed by atoms with van der Waals surface area (Å²) in [6.45, 7) is 9.51. The number of ether oxygens (including phenoxy) is 2. The third kappa shape index (κ3) is 3.25. The molecule has 2 saturated heterocycles. The van der Waals surface area contributed by atoms with Crippen LogP contribution in [0.15, 0.2) is 12.3 Å². The van der Waals surface area contributed by atoms with Crippen LogP contribution in [0, 0.1) is 5.92 Å². The van der Waals surface area contributed by atoms with Crippen molar-refractivity contribution >= 4 is 24.4 Å². The zero-order chi connectivity index (χ0) is 20.1. The first-order chi connectivity index (χ1) is 13.2. The number of amides is 1. The Labute approximate surface area is 165 Å². The van der Waals surface area contributed by atoms with Gasteiger partial charge in [0.1, 0.15) is 12.3 Å². The molecule has 1 unspecified atom stereocenters. The molecule has 9 heteroatoms. The predicted molar refractivity (Wildman–Crippen MR) is 103 cm³/mol. The van der Waals surface area contributed by atoms with Gasteiger partial charge in [-0.25, -0.2) is 9.78 Å². The number of hydrogen-bond acceptors (Lipinski definition) is 6. The van der Waals surface area contributed by atoms with Gasteiger partial charge in [-0.1, -0.05) is 0 Å². The molecule has 8 nitrogen and oxygen atoms in total. The molecule has 1 aromatic rings. The summed E-state index contributed by atoms with van der Waals surface area (Å²) >= 11 is 0. The van der Waals surface area contributed by atoms with E-state index in [1.54, 1.807) is 12.3 Å². The standard InChI is InChI=1S/C19H27BN2O6/c1-18(2)19(3,4)28-20(27-18)13-9-14-16(21-10-13)26-11-15(22(14)17(23)24)12-5-7-25-8-6-12/h9-10,12,15H,5-8,11H2,1-4H3,(H,23,24). The van der Waals surface area contributed by atoms with Crippen LogP contribution in [0.1, 0.15) is 40.5 Å². The van der Waals surface area contributed by atoms with Crippen LogP contribution < -0.4 is 15.1 Å². The maximum absolute atomic E-state index is 12.2. The summed E-state index contributed by atoms with van der Waals surface area (Å²) in [5.41, 5.74) is 0.157. The molecule has 2 fully saturated rings. The Morgan fingerprint density at radius 3 is 2.46 bits per heavy atom.